The fraction of sp³-hybridized carbons (Fsp3) is 0.214. The number of hydrogen-bond donors (Lipinski definition) is 0. The summed E-state index contributed by atoms with van der Waals surface area (Å²) in [5.74, 6) is 0. The summed E-state index contributed by atoms with van der Waals surface area (Å²) in [7, 11) is -0.240. The topological polar surface area (TPSA) is 9.23 Å². The van der Waals surface area contributed by atoms with Crippen molar-refractivity contribution in [3.05, 3.63) is 61.1 Å². The summed E-state index contributed by atoms with van der Waals surface area (Å²) in [6, 6.07) is 10.5. The maximum absolute atomic E-state index is 5.60. The molecule has 1 aromatic carbocycles. The van der Waals surface area contributed by atoms with Crippen molar-refractivity contribution in [2.24, 2.45) is 0 Å². The smallest absolute Gasteiger partial charge is 0.0604 e. The molecule has 100 valence electrons. The third kappa shape index (κ3) is 6.47. The predicted molar refractivity (Wildman–Crippen MR) is 85.0 cm³/mol. The van der Waals surface area contributed by atoms with Gasteiger partial charge in [0.25, 0.3) is 0 Å². The molecule has 18 heavy (non-hydrogen) atoms. The third-order valence-electron chi connectivity index (χ3n) is 2.35. The summed E-state index contributed by atoms with van der Waals surface area (Å²) in [5, 5.41) is 1.39. The average molecular weight is 417 g/mol. The second-order valence-electron chi connectivity index (χ2n) is 3.59. The van der Waals surface area contributed by atoms with Gasteiger partial charge in [0.1, 0.15) is 0 Å². The molecule has 0 spiro atoms. The van der Waals surface area contributed by atoms with Crippen LogP contribution in [0.1, 0.15) is 6.42 Å². The molecule has 2 aliphatic rings. The molecule has 1 aliphatic heterocycles. The number of benzene rings is 1. The predicted octanol–water partition coefficient (Wildman–Crippen LogP) is 4.33. The molecule has 0 bridgehead atoms. The molecule has 1 aliphatic carbocycles. The fourth-order valence-corrected chi connectivity index (χ4v) is 3.37. The van der Waals surface area contributed by atoms with E-state index < -0.39 is 0 Å². The van der Waals surface area contributed by atoms with Crippen molar-refractivity contribution < 1.29 is 16.8 Å². The van der Waals surface area contributed by atoms with Crippen molar-refractivity contribution in [3.63, 3.8) is 0 Å². The summed E-state index contributed by atoms with van der Waals surface area (Å²) in [6.45, 7) is 0.959. The summed E-state index contributed by atoms with van der Waals surface area (Å²) < 4.78 is 5.60. The van der Waals surface area contributed by atoms with Gasteiger partial charge >= 0.3 is 32.8 Å². The number of halogens is 1. The monoisotopic (exact) mass is 416 g/mol. The van der Waals surface area contributed by atoms with Crippen LogP contribution in [0.15, 0.2) is 54.6 Å². The van der Waals surface area contributed by atoms with Crippen LogP contribution < -0.4 is 5.30 Å². The first-order valence-electron chi connectivity index (χ1n) is 5.71. The Kier molecular flexibility index (Phi) is 10.2. The van der Waals surface area contributed by atoms with Crippen LogP contribution in [0.4, 0.5) is 0 Å². The van der Waals surface area contributed by atoms with Crippen LogP contribution in [-0.4, -0.2) is 12.8 Å². The summed E-state index contributed by atoms with van der Waals surface area (Å²) in [6.07, 6.45) is 12.5. The molecular weight excluding hydrogens is 401 g/mol. The van der Waals surface area contributed by atoms with Gasteiger partial charge in [-0.25, -0.2) is 0 Å². The molecule has 1 fully saturated rings. The maximum atomic E-state index is 5.60. The van der Waals surface area contributed by atoms with Gasteiger partial charge in [-0.15, -0.1) is 0 Å². The Morgan fingerprint density at radius 3 is 2.11 bits per heavy atom. The van der Waals surface area contributed by atoms with E-state index >= 15 is 0 Å². The molecule has 1 atom stereocenters. The summed E-state index contributed by atoms with van der Waals surface area (Å²) in [5.41, 5.74) is 0. The van der Waals surface area contributed by atoms with Crippen molar-refractivity contribution in [3.8, 4) is 0 Å². The maximum Gasteiger partial charge on any atom is 0.0604 e. The largest absolute Gasteiger partial charge is 0.354 e. The Morgan fingerprint density at radius 1 is 1.00 bits per heavy atom. The van der Waals surface area contributed by atoms with Crippen LogP contribution in [0.25, 0.3) is 0 Å². The second-order valence-corrected chi connectivity index (χ2v) is 5.57. The molecule has 4 heteroatoms. The van der Waals surface area contributed by atoms with Crippen LogP contribution in [0, 0.1) is 6.42 Å². The first-order valence-corrected chi connectivity index (χ1v) is 10.3. The van der Waals surface area contributed by atoms with E-state index in [4.69, 9.17) is 4.52 Å². The molecular formula is C14H16INiOP. The van der Waals surface area contributed by atoms with E-state index in [0.29, 0.717) is 0 Å². The van der Waals surface area contributed by atoms with Gasteiger partial charge in [-0.2, -0.15) is 0 Å². The minimum Gasteiger partial charge on any atom is -0.354 e. The zero-order chi connectivity index (χ0) is 13.1. The van der Waals surface area contributed by atoms with Crippen molar-refractivity contribution >= 4 is 33.9 Å². The van der Waals surface area contributed by atoms with E-state index in [2.05, 4.69) is 42.6 Å². The van der Waals surface area contributed by atoms with Gasteiger partial charge < -0.3 is 4.52 Å². The Hall–Kier alpha value is 0.314. The first-order chi connectivity index (χ1) is 8.97. The molecule has 3 rings (SSSR count). The van der Waals surface area contributed by atoms with Crippen LogP contribution in [0.5, 0.6) is 0 Å². The number of rotatable bonds is 1. The van der Waals surface area contributed by atoms with Crippen molar-refractivity contribution in [1.82, 2.24) is 0 Å². The van der Waals surface area contributed by atoms with E-state index in [1.54, 1.807) is 20.5 Å². The van der Waals surface area contributed by atoms with Gasteiger partial charge in [-0.05, 0) is 12.6 Å². The fourth-order valence-electron chi connectivity index (χ4n) is 1.57. The minimum atomic E-state index is -0.240. The Bertz CT molecular complexity index is 351. The first kappa shape index (κ1) is 16.4. The standard InChI is InChI=1S/C9H11OP.C5H5.HI.Ni/c1-2-5-9(6-3-1)11-8-4-7-10-11;1-2-4-5-3-1;;/h1-3,5-6H,4,7-8H2;1-5H;1H;/q;;;+1/p-1. The molecule has 1 aromatic rings. The molecule has 1 radical (unpaired) electrons. The molecule has 0 aromatic heterocycles. The van der Waals surface area contributed by atoms with Crippen LogP contribution in [0.2, 0.25) is 0 Å². The van der Waals surface area contributed by atoms with Gasteiger partial charge in [0.15, 0.2) is 0 Å². The number of allylic oxidation sites excluding steroid dienone is 4. The van der Waals surface area contributed by atoms with Gasteiger partial charge in [0.2, 0.25) is 0 Å². The quantitative estimate of drug-likeness (QED) is 0.376. The normalized spacial score (nSPS) is 19.8. The molecule has 1 unspecified atom stereocenters. The van der Waals surface area contributed by atoms with Crippen molar-refractivity contribution in [1.29, 1.82) is 0 Å². The molecule has 0 saturated carbocycles. The Labute approximate surface area is 130 Å². The summed E-state index contributed by atoms with van der Waals surface area (Å²) >= 11 is 5.62. The Balaban J connectivity index is 0.000000195. The Morgan fingerprint density at radius 2 is 1.67 bits per heavy atom. The van der Waals surface area contributed by atoms with E-state index in [-0.39, 0.29) is 8.15 Å². The van der Waals surface area contributed by atoms with E-state index in [1.165, 1.54) is 17.9 Å². The molecule has 1 heterocycles. The molecule has 1 saturated heterocycles. The minimum absolute atomic E-state index is 0.240. The van der Waals surface area contributed by atoms with Crippen LogP contribution in [-0.2, 0) is 16.8 Å². The molecule has 1 nitrogen and oxygen atoms in total. The van der Waals surface area contributed by atoms with E-state index in [0.717, 1.165) is 6.61 Å². The van der Waals surface area contributed by atoms with Gasteiger partial charge in [-0.1, -0.05) is 54.6 Å². The van der Waals surface area contributed by atoms with Crippen LogP contribution >= 0.6 is 28.6 Å². The van der Waals surface area contributed by atoms with Gasteiger partial charge in [0, 0.05) is 11.7 Å². The number of hydrogen-bond acceptors (Lipinski definition) is 1. The van der Waals surface area contributed by atoms with Crippen LogP contribution in [0.3, 0.4) is 0 Å². The van der Waals surface area contributed by atoms with E-state index in [1.807, 2.05) is 30.7 Å². The van der Waals surface area contributed by atoms with Gasteiger partial charge in [-0.3, -0.25) is 0 Å². The third-order valence-corrected chi connectivity index (χ3v) is 4.44. The van der Waals surface area contributed by atoms with E-state index in [9.17, 15) is 0 Å². The SMILES string of the molecule is [CH]1C=CC=C1.[Ni][I].c1ccc(P2CCCO2)cc1. The molecule has 0 N–H and O–H groups in total. The summed E-state index contributed by atoms with van der Waals surface area (Å²) in [4.78, 5) is 0. The molecule has 0 amide bonds. The van der Waals surface area contributed by atoms with Crippen molar-refractivity contribution in [2.45, 2.75) is 6.42 Å². The van der Waals surface area contributed by atoms with Crippen molar-refractivity contribution in [2.75, 3.05) is 12.8 Å². The van der Waals surface area contributed by atoms with Gasteiger partial charge in [0.05, 0.1) is 14.8 Å². The second kappa shape index (κ2) is 11.2. The zero-order valence-corrected chi connectivity index (χ0v) is 14.0. The zero-order valence-electron chi connectivity index (χ0n) is 9.94. The average Bonchev–Trinajstić information content (AvgIpc) is 3.18.